The average Bonchev–Trinajstić information content (AvgIpc) is 3.78. The van der Waals surface area contributed by atoms with Crippen molar-refractivity contribution in [1.82, 2.24) is 0 Å². The molecule has 0 atom stereocenters. The summed E-state index contributed by atoms with van der Waals surface area (Å²) >= 11 is 1.77. The van der Waals surface area contributed by atoms with Gasteiger partial charge in [0.25, 0.3) is 0 Å². The summed E-state index contributed by atoms with van der Waals surface area (Å²) in [6, 6.07) is 49.8. The summed E-state index contributed by atoms with van der Waals surface area (Å²) in [6.07, 6.45) is 0. The molecule has 0 unspecified atom stereocenters. The SMILES string of the molecule is [2H]c1c([2H])c(N(c2cccc(-c3cccc4sc5ccccc5c34)c2)c2cccc3oc4ccccc4c23)c([2H])c([2H])c1-c1cccc2ccccc12. The minimum absolute atomic E-state index is 0.0998. The summed E-state index contributed by atoms with van der Waals surface area (Å²) in [4.78, 5) is 1.88. The van der Waals surface area contributed by atoms with Crippen molar-refractivity contribution in [1.29, 1.82) is 0 Å². The lowest BCUT2D eigenvalue weighted by Gasteiger charge is -2.27. The van der Waals surface area contributed by atoms with Crippen molar-refractivity contribution < 1.29 is 9.90 Å². The molecule has 0 saturated carbocycles. The second-order valence-corrected chi connectivity index (χ2v) is 13.2. The van der Waals surface area contributed by atoms with Gasteiger partial charge in [0.1, 0.15) is 11.2 Å². The molecule has 0 aliphatic rings. The molecule has 0 spiro atoms. The highest BCUT2D eigenvalue weighted by atomic mass is 32.1. The van der Waals surface area contributed by atoms with Crippen molar-refractivity contribution in [3.63, 3.8) is 0 Å². The maximum Gasteiger partial charge on any atom is 0.137 e. The number of anilines is 3. The normalized spacial score (nSPS) is 12.8. The van der Waals surface area contributed by atoms with Crippen molar-refractivity contribution >= 4 is 81.3 Å². The quantitative estimate of drug-likeness (QED) is 0.185. The van der Waals surface area contributed by atoms with Crippen molar-refractivity contribution in [2.24, 2.45) is 0 Å². The van der Waals surface area contributed by atoms with Crippen molar-refractivity contribution in [3.8, 4) is 22.3 Å². The van der Waals surface area contributed by atoms with Crippen LogP contribution in [0.3, 0.4) is 0 Å². The van der Waals surface area contributed by atoms with Gasteiger partial charge >= 0.3 is 0 Å². The van der Waals surface area contributed by atoms with Gasteiger partial charge < -0.3 is 9.32 Å². The molecule has 0 radical (unpaired) electrons. The zero-order valence-corrected chi connectivity index (χ0v) is 27.0. The predicted molar refractivity (Wildman–Crippen MR) is 210 cm³/mol. The molecule has 2 aromatic heterocycles. The Morgan fingerprint density at radius 1 is 0.469 bits per heavy atom. The largest absolute Gasteiger partial charge is 0.456 e. The number of para-hydroxylation sites is 1. The van der Waals surface area contributed by atoms with E-state index in [1.54, 1.807) is 11.3 Å². The van der Waals surface area contributed by atoms with Crippen LogP contribution in [-0.4, -0.2) is 0 Å². The first-order valence-corrected chi connectivity index (χ1v) is 17.1. The fourth-order valence-electron chi connectivity index (χ4n) is 7.15. The first-order chi connectivity index (χ1) is 26.0. The highest BCUT2D eigenvalue weighted by Gasteiger charge is 2.20. The summed E-state index contributed by atoms with van der Waals surface area (Å²) in [7, 11) is 0. The molecular formula is C46H29NOS. The second-order valence-electron chi connectivity index (χ2n) is 12.2. The Balaban J connectivity index is 1.26. The van der Waals surface area contributed by atoms with Gasteiger partial charge in [-0.15, -0.1) is 11.3 Å². The molecule has 2 heterocycles. The minimum Gasteiger partial charge on any atom is -0.456 e. The van der Waals surface area contributed by atoms with E-state index in [9.17, 15) is 5.48 Å². The predicted octanol–water partition coefficient (Wildman–Crippen LogP) is 13.9. The molecule has 0 aliphatic carbocycles. The average molecular weight is 648 g/mol. The van der Waals surface area contributed by atoms with Crippen LogP contribution in [0, 0.1) is 0 Å². The molecule has 8 aromatic carbocycles. The molecule has 2 nitrogen and oxygen atoms in total. The van der Waals surface area contributed by atoms with Gasteiger partial charge in [-0.2, -0.15) is 0 Å². The zero-order valence-electron chi connectivity index (χ0n) is 30.2. The fraction of sp³-hybridized carbons (Fsp3) is 0. The molecule has 230 valence electrons. The second kappa shape index (κ2) is 11.2. The molecule has 0 fully saturated rings. The Labute approximate surface area is 293 Å². The van der Waals surface area contributed by atoms with E-state index in [1.807, 2.05) is 102 Å². The number of benzene rings is 8. The highest BCUT2D eigenvalue weighted by Crippen LogP contribution is 2.45. The molecule has 0 N–H and O–H groups in total. The lowest BCUT2D eigenvalue weighted by atomic mass is 9.97. The summed E-state index contributed by atoms with van der Waals surface area (Å²) in [5, 5.41) is 5.95. The van der Waals surface area contributed by atoms with Crippen LogP contribution in [0.15, 0.2) is 180 Å². The van der Waals surface area contributed by atoms with Crippen LogP contribution >= 0.6 is 11.3 Å². The van der Waals surface area contributed by atoms with E-state index in [2.05, 4.69) is 54.6 Å². The van der Waals surface area contributed by atoms with Gasteiger partial charge in [0.15, 0.2) is 0 Å². The van der Waals surface area contributed by atoms with Crippen LogP contribution in [0.2, 0.25) is 0 Å². The zero-order chi connectivity index (χ0) is 35.8. The van der Waals surface area contributed by atoms with Crippen LogP contribution in [0.25, 0.3) is 75.1 Å². The number of fused-ring (bicyclic) bond motifs is 7. The molecule has 0 saturated heterocycles. The molecule has 10 rings (SSSR count). The Bertz CT molecular complexity index is 3060. The van der Waals surface area contributed by atoms with Gasteiger partial charge in [0.05, 0.1) is 16.6 Å². The van der Waals surface area contributed by atoms with E-state index >= 15 is 0 Å². The molecule has 10 aromatic rings. The number of rotatable bonds is 5. The molecule has 49 heavy (non-hydrogen) atoms. The van der Waals surface area contributed by atoms with Crippen LogP contribution in [-0.2, 0) is 0 Å². The number of furan rings is 1. The number of hydrogen-bond donors (Lipinski definition) is 0. The van der Waals surface area contributed by atoms with Crippen LogP contribution < -0.4 is 4.90 Å². The van der Waals surface area contributed by atoms with Crippen LogP contribution in [0.1, 0.15) is 5.48 Å². The highest BCUT2D eigenvalue weighted by molar-refractivity contribution is 7.25. The van der Waals surface area contributed by atoms with E-state index in [4.69, 9.17) is 4.42 Å². The smallest absolute Gasteiger partial charge is 0.137 e. The lowest BCUT2D eigenvalue weighted by molar-refractivity contribution is 0.669. The number of nitrogens with zero attached hydrogens (tertiary/aromatic N) is 1. The number of hydrogen-bond acceptors (Lipinski definition) is 3. The fourth-order valence-corrected chi connectivity index (χ4v) is 8.29. The summed E-state index contributed by atoms with van der Waals surface area (Å²) in [5.41, 5.74) is 5.97. The molecular weight excluding hydrogens is 615 g/mol. The molecule has 0 bridgehead atoms. The Hall–Kier alpha value is -6.16. The van der Waals surface area contributed by atoms with Crippen LogP contribution in [0.5, 0.6) is 0 Å². The standard InChI is InChI=1S/C46H29NOS/c1-2-15-35-30(11-1)12-8-18-36(35)31-25-27-33(28-26-31)47(40-20-10-22-42-46(40)38-16-3-5-21-41(38)48-42)34-14-7-13-32(29-34)37-19-9-24-44-45(37)39-17-4-6-23-43(39)49-44/h1-29H/i25D,26D,27D,28D. The first-order valence-electron chi connectivity index (χ1n) is 18.3. The molecule has 3 heteroatoms. The van der Waals surface area contributed by atoms with Gasteiger partial charge in [-0.3, -0.25) is 0 Å². The van der Waals surface area contributed by atoms with E-state index in [1.165, 1.54) is 20.2 Å². The van der Waals surface area contributed by atoms with Crippen molar-refractivity contribution in [3.05, 3.63) is 176 Å². The van der Waals surface area contributed by atoms with Gasteiger partial charge in [0.2, 0.25) is 0 Å². The third kappa shape index (κ3) is 4.55. The van der Waals surface area contributed by atoms with Gasteiger partial charge in [-0.1, -0.05) is 121 Å². The van der Waals surface area contributed by atoms with E-state index < -0.39 is 0 Å². The Morgan fingerprint density at radius 2 is 1.14 bits per heavy atom. The summed E-state index contributed by atoms with van der Waals surface area (Å²) < 4.78 is 46.9. The van der Waals surface area contributed by atoms with E-state index in [0.29, 0.717) is 22.5 Å². The van der Waals surface area contributed by atoms with Gasteiger partial charge in [-0.05, 0) is 87.6 Å². The maximum atomic E-state index is 9.63. The minimum atomic E-state index is -0.130. The van der Waals surface area contributed by atoms with Crippen molar-refractivity contribution in [2.45, 2.75) is 0 Å². The monoisotopic (exact) mass is 647 g/mol. The van der Waals surface area contributed by atoms with Crippen molar-refractivity contribution in [2.75, 3.05) is 4.90 Å². The third-order valence-corrected chi connectivity index (χ3v) is 10.5. The lowest BCUT2D eigenvalue weighted by Crippen LogP contribution is -2.10. The summed E-state index contributed by atoms with van der Waals surface area (Å²) in [5.74, 6) is 0. The van der Waals surface area contributed by atoms with E-state index in [0.717, 1.165) is 38.3 Å². The molecule has 0 amide bonds. The molecule has 0 aliphatic heterocycles. The summed E-state index contributed by atoms with van der Waals surface area (Å²) in [6.45, 7) is 0. The Morgan fingerprint density at radius 3 is 2.06 bits per heavy atom. The third-order valence-electron chi connectivity index (χ3n) is 9.33. The topological polar surface area (TPSA) is 16.4 Å². The first kappa shape index (κ1) is 24.1. The van der Waals surface area contributed by atoms with Crippen LogP contribution in [0.4, 0.5) is 17.1 Å². The number of thiophene rings is 1. The van der Waals surface area contributed by atoms with Gasteiger partial charge in [-0.25, -0.2) is 0 Å². The van der Waals surface area contributed by atoms with Gasteiger partial charge in [0, 0.05) is 36.9 Å². The Kier molecular flexibility index (Phi) is 5.51. The van der Waals surface area contributed by atoms with E-state index in [-0.39, 0.29) is 35.4 Å². The maximum absolute atomic E-state index is 9.63.